The van der Waals surface area contributed by atoms with Gasteiger partial charge in [0.05, 0.1) is 5.69 Å². The van der Waals surface area contributed by atoms with Crippen LogP contribution in [0.25, 0.3) is 0 Å². The molecule has 4 fully saturated rings. The Kier molecular flexibility index (Phi) is 3.22. The van der Waals surface area contributed by atoms with Gasteiger partial charge >= 0.3 is 0 Å². The van der Waals surface area contributed by atoms with Crippen LogP contribution in [0.3, 0.4) is 0 Å². The summed E-state index contributed by atoms with van der Waals surface area (Å²) in [7, 11) is 0. The number of pyridine rings is 1. The van der Waals surface area contributed by atoms with Crippen LogP contribution in [0, 0.1) is 30.1 Å². The number of hydrogen-bond acceptors (Lipinski definition) is 2. The molecule has 114 valence electrons. The van der Waals surface area contributed by atoms with Crippen molar-refractivity contribution >= 4 is 17.3 Å². The van der Waals surface area contributed by atoms with Crippen LogP contribution in [-0.2, 0) is 0 Å². The van der Waals surface area contributed by atoms with Gasteiger partial charge in [0.25, 0.3) is 0 Å². The lowest BCUT2D eigenvalue weighted by atomic mass is 9.48. The van der Waals surface area contributed by atoms with Gasteiger partial charge in [-0.15, -0.1) is 0 Å². The molecule has 4 saturated carbocycles. The van der Waals surface area contributed by atoms with Gasteiger partial charge < -0.3 is 5.32 Å². The molecule has 0 aromatic carbocycles. The first-order valence-electron chi connectivity index (χ1n) is 8.43. The molecule has 0 radical (unpaired) electrons. The van der Waals surface area contributed by atoms with E-state index in [9.17, 15) is 0 Å². The van der Waals surface area contributed by atoms with Crippen LogP contribution in [0.1, 0.15) is 51.0 Å². The summed E-state index contributed by atoms with van der Waals surface area (Å²) < 4.78 is 0. The number of hydrogen-bond donors (Lipinski definition) is 1. The summed E-state index contributed by atoms with van der Waals surface area (Å²) >= 11 is 6.31. The number of halogens is 1. The minimum absolute atomic E-state index is 0.492. The van der Waals surface area contributed by atoms with Crippen LogP contribution in [0.4, 0.5) is 5.69 Å². The number of aromatic nitrogens is 1. The van der Waals surface area contributed by atoms with E-state index in [0.29, 0.717) is 16.6 Å². The summed E-state index contributed by atoms with van der Waals surface area (Å²) in [5, 5.41) is 4.36. The Labute approximate surface area is 132 Å². The minimum atomic E-state index is 0.492. The highest BCUT2D eigenvalue weighted by Crippen LogP contribution is 2.61. The third-order valence-corrected chi connectivity index (χ3v) is 6.76. The molecule has 4 bridgehead atoms. The average Bonchev–Trinajstić information content (AvgIpc) is 2.41. The Morgan fingerprint density at radius 3 is 2.29 bits per heavy atom. The second-order valence-electron chi connectivity index (χ2n) is 7.94. The molecule has 1 aromatic rings. The molecule has 3 heteroatoms. The van der Waals surface area contributed by atoms with Gasteiger partial charge in [-0.2, -0.15) is 0 Å². The van der Waals surface area contributed by atoms with E-state index in [2.05, 4.69) is 24.1 Å². The molecule has 4 aliphatic carbocycles. The maximum atomic E-state index is 6.31. The highest BCUT2D eigenvalue weighted by atomic mass is 35.5. The Bertz CT molecular complexity index is 499. The molecule has 1 atom stereocenters. The Morgan fingerprint density at radius 1 is 1.19 bits per heavy atom. The number of aryl methyl sites for hydroxylation is 1. The van der Waals surface area contributed by atoms with Crippen LogP contribution in [0.15, 0.2) is 12.3 Å². The summed E-state index contributed by atoms with van der Waals surface area (Å²) in [4.78, 5) is 4.24. The van der Waals surface area contributed by atoms with Crippen LogP contribution < -0.4 is 5.32 Å². The number of rotatable bonds is 3. The van der Waals surface area contributed by atoms with Crippen molar-refractivity contribution in [2.24, 2.45) is 23.2 Å². The van der Waals surface area contributed by atoms with E-state index in [0.717, 1.165) is 23.4 Å². The second-order valence-corrected chi connectivity index (χ2v) is 8.30. The molecule has 0 aliphatic heterocycles. The van der Waals surface area contributed by atoms with Gasteiger partial charge in [-0.3, -0.25) is 0 Å². The highest BCUT2D eigenvalue weighted by molar-refractivity contribution is 6.32. The lowest BCUT2D eigenvalue weighted by Gasteiger charge is -2.59. The fraction of sp³-hybridized carbons (Fsp3) is 0.722. The maximum absolute atomic E-state index is 6.31. The van der Waals surface area contributed by atoms with Crippen molar-refractivity contribution in [3.05, 3.63) is 23.0 Å². The summed E-state index contributed by atoms with van der Waals surface area (Å²) in [6.07, 6.45) is 10.5. The van der Waals surface area contributed by atoms with Crippen molar-refractivity contribution < 1.29 is 0 Å². The van der Waals surface area contributed by atoms with Gasteiger partial charge in [0.2, 0.25) is 0 Å². The highest BCUT2D eigenvalue weighted by Gasteiger charge is 2.53. The standard InChI is InChI=1S/C18H25ClN2/c1-11-3-4-20-17(19)16(11)21-12(2)18-8-13-5-14(9-18)7-15(6-13)10-18/h3-4,12-15,21H,5-10H2,1-2H3. The number of nitrogens with one attached hydrogen (secondary N) is 1. The monoisotopic (exact) mass is 304 g/mol. The zero-order chi connectivity index (χ0) is 14.6. The fourth-order valence-electron chi connectivity index (χ4n) is 5.78. The normalized spacial score (nSPS) is 38.5. The molecular weight excluding hydrogens is 280 g/mol. The smallest absolute Gasteiger partial charge is 0.152 e. The molecule has 4 aliphatic rings. The van der Waals surface area contributed by atoms with Gasteiger partial charge in [-0.05, 0) is 87.2 Å². The lowest BCUT2D eigenvalue weighted by Crippen LogP contribution is -2.53. The van der Waals surface area contributed by atoms with E-state index < -0.39 is 0 Å². The van der Waals surface area contributed by atoms with Crippen LogP contribution >= 0.6 is 11.6 Å². The molecule has 2 nitrogen and oxygen atoms in total. The molecule has 1 N–H and O–H groups in total. The second kappa shape index (κ2) is 4.87. The van der Waals surface area contributed by atoms with Crippen molar-refractivity contribution in [1.82, 2.24) is 4.98 Å². The average molecular weight is 305 g/mol. The van der Waals surface area contributed by atoms with Crippen molar-refractivity contribution in [1.29, 1.82) is 0 Å². The molecule has 21 heavy (non-hydrogen) atoms. The minimum Gasteiger partial charge on any atom is -0.379 e. The van der Waals surface area contributed by atoms with E-state index in [-0.39, 0.29) is 0 Å². The molecule has 1 heterocycles. The topological polar surface area (TPSA) is 24.9 Å². The van der Waals surface area contributed by atoms with Crippen LogP contribution in [0.5, 0.6) is 0 Å². The quantitative estimate of drug-likeness (QED) is 0.789. The summed E-state index contributed by atoms with van der Waals surface area (Å²) in [5.41, 5.74) is 2.74. The van der Waals surface area contributed by atoms with E-state index in [1.807, 2.05) is 6.07 Å². The first-order chi connectivity index (χ1) is 10.1. The Balaban J connectivity index is 1.59. The van der Waals surface area contributed by atoms with E-state index in [4.69, 9.17) is 11.6 Å². The summed E-state index contributed by atoms with van der Waals surface area (Å²) in [5.74, 6) is 2.97. The molecule has 1 unspecified atom stereocenters. The zero-order valence-electron chi connectivity index (χ0n) is 13.0. The largest absolute Gasteiger partial charge is 0.379 e. The van der Waals surface area contributed by atoms with Crippen molar-refractivity contribution in [2.75, 3.05) is 5.32 Å². The fourth-order valence-corrected chi connectivity index (χ4v) is 6.04. The third-order valence-electron chi connectivity index (χ3n) is 6.48. The number of anilines is 1. The molecule has 5 rings (SSSR count). The van der Waals surface area contributed by atoms with E-state index >= 15 is 0 Å². The first-order valence-corrected chi connectivity index (χ1v) is 8.81. The van der Waals surface area contributed by atoms with Gasteiger partial charge in [-0.1, -0.05) is 11.6 Å². The third kappa shape index (κ3) is 2.27. The SMILES string of the molecule is Cc1ccnc(Cl)c1NC(C)C12CC3CC(CC(C3)C1)C2. The summed E-state index contributed by atoms with van der Waals surface area (Å²) in [6, 6.07) is 2.53. The molecule has 0 spiro atoms. The van der Waals surface area contributed by atoms with Crippen molar-refractivity contribution in [3.8, 4) is 0 Å². The van der Waals surface area contributed by atoms with Crippen molar-refractivity contribution in [3.63, 3.8) is 0 Å². The van der Waals surface area contributed by atoms with Crippen LogP contribution in [-0.4, -0.2) is 11.0 Å². The molecular formula is C18H25ClN2. The predicted octanol–water partition coefficient (Wildman–Crippen LogP) is 5.06. The maximum Gasteiger partial charge on any atom is 0.152 e. The molecule has 0 amide bonds. The van der Waals surface area contributed by atoms with E-state index in [1.54, 1.807) is 6.20 Å². The zero-order valence-corrected chi connectivity index (χ0v) is 13.8. The van der Waals surface area contributed by atoms with Gasteiger partial charge in [-0.25, -0.2) is 4.98 Å². The van der Waals surface area contributed by atoms with Crippen molar-refractivity contribution in [2.45, 2.75) is 58.4 Å². The lowest BCUT2D eigenvalue weighted by molar-refractivity contribution is -0.0602. The Hall–Kier alpha value is -0.760. The van der Waals surface area contributed by atoms with Gasteiger partial charge in [0.1, 0.15) is 0 Å². The van der Waals surface area contributed by atoms with Gasteiger partial charge in [0.15, 0.2) is 5.15 Å². The molecule has 1 aromatic heterocycles. The van der Waals surface area contributed by atoms with Gasteiger partial charge in [0, 0.05) is 12.2 Å². The predicted molar refractivity (Wildman–Crippen MR) is 87.7 cm³/mol. The first kappa shape index (κ1) is 13.9. The van der Waals surface area contributed by atoms with Crippen LogP contribution in [0.2, 0.25) is 5.15 Å². The Morgan fingerprint density at radius 2 is 1.76 bits per heavy atom. The van der Waals surface area contributed by atoms with E-state index in [1.165, 1.54) is 44.1 Å². The summed E-state index contributed by atoms with van der Waals surface area (Å²) in [6.45, 7) is 4.48. The molecule has 0 saturated heterocycles. The number of nitrogens with zero attached hydrogens (tertiary/aromatic N) is 1.